The van der Waals surface area contributed by atoms with Crippen LogP contribution < -0.4 is 15.0 Å². The molecular formula is C32H32ClF2N5O2. The van der Waals surface area contributed by atoms with Crippen molar-refractivity contribution >= 4 is 39.0 Å². The molecule has 2 aromatic heterocycles. The molecule has 10 heteroatoms. The summed E-state index contributed by atoms with van der Waals surface area (Å²) in [5.41, 5.74) is 1.09. The van der Waals surface area contributed by atoms with Crippen molar-refractivity contribution in [2.45, 2.75) is 55.9 Å². The van der Waals surface area contributed by atoms with Crippen molar-refractivity contribution in [1.29, 1.82) is 0 Å². The van der Waals surface area contributed by atoms with Crippen LogP contribution in [0.25, 0.3) is 32.9 Å². The number of ether oxygens (including phenoxy) is 1. The second-order valence-corrected chi connectivity index (χ2v) is 12.8. The Balaban J connectivity index is 1.26. The molecule has 8 rings (SSSR count). The number of nitrogens with one attached hydrogen (secondary N) is 1. The third-order valence-corrected chi connectivity index (χ3v) is 10.0. The summed E-state index contributed by atoms with van der Waals surface area (Å²) in [5, 5.41) is 16.5. The topological polar surface area (TPSA) is 73.8 Å². The number of pyridine rings is 2. The van der Waals surface area contributed by atoms with Crippen LogP contribution in [-0.2, 0) is 0 Å². The van der Waals surface area contributed by atoms with Gasteiger partial charge >= 0.3 is 0 Å². The van der Waals surface area contributed by atoms with Gasteiger partial charge in [0.25, 0.3) is 0 Å². The minimum absolute atomic E-state index is 0.00816. The van der Waals surface area contributed by atoms with E-state index >= 15 is 4.39 Å². The summed E-state index contributed by atoms with van der Waals surface area (Å²) in [6.45, 7) is 3.21. The van der Waals surface area contributed by atoms with Gasteiger partial charge in [0.2, 0.25) is 5.88 Å². The SMILES string of the molecule is Oc1cc(-c2ncc3c(N4CC5CCC(C4)N5)cc(OCC45CCCN4C[C@H](F)C5)nc3c2F)c2c(Cl)cccc2c1. The number of hydrogen-bond donors (Lipinski definition) is 2. The molecule has 0 amide bonds. The number of aromatic hydroxyl groups is 1. The first-order chi connectivity index (χ1) is 20.4. The third kappa shape index (κ3) is 4.28. The van der Waals surface area contributed by atoms with E-state index in [1.165, 1.54) is 6.07 Å². The molecule has 2 N–H and O–H groups in total. The zero-order valence-electron chi connectivity index (χ0n) is 23.1. The van der Waals surface area contributed by atoms with Gasteiger partial charge in [-0.1, -0.05) is 23.7 Å². The van der Waals surface area contributed by atoms with Crippen LogP contribution >= 0.6 is 11.6 Å². The monoisotopic (exact) mass is 591 g/mol. The second kappa shape index (κ2) is 9.89. The largest absolute Gasteiger partial charge is 0.508 e. The van der Waals surface area contributed by atoms with E-state index in [4.69, 9.17) is 21.3 Å². The number of piperazine rings is 1. The van der Waals surface area contributed by atoms with Gasteiger partial charge in [-0.3, -0.25) is 9.88 Å². The van der Waals surface area contributed by atoms with Gasteiger partial charge in [0.15, 0.2) is 5.82 Å². The molecule has 3 unspecified atom stereocenters. The van der Waals surface area contributed by atoms with Gasteiger partial charge in [-0.2, -0.15) is 0 Å². The second-order valence-electron chi connectivity index (χ2n) is 12.4. The first-order valence-electron chi connectivity index (χ1n) is 14.8. The number of fused-ring (bicyclic) bond motifs is 5. The molecule has 2 aromatic carbocycles. The molecule has 0 saturated carbocycles. The van der Waals surface area contributed by atoms with Crippen molar-refractivity contribution in [2.75, 3.05) is 37.7 Å². The van der Waals surface area contributed by atoms with Crippen molar-refractivity contribution in [1.82, 2.24) is 20.2 Å². The van der Waals surface area contributed by atoms with Gasteiger partial charge in [0, 0.05) is 71.8 Å². The molecule has 4 atom stereocenters. The zero-order chi connectivity index (χ0) is 28.6. The molecular weight excluding hydrogens is 560 g/mol. The molecule has 4 aliphatic rings. The van der Waals surface area contributed by atoms with Crippen LogP contribution in [0.5, 0.6) is 11.6 Å². The number of anilines is 1. The van der Waals surface area contributed by atoms with E-state index in [9.17, 15) is 9.50 Å². The lowest BCUT2D eigenvalue weighted by molar-refractivity contribution is 0.111. The maximum absolute atomic E-state index is 16.7. The molecule has 0 spiro atoms. The summed E-state index contributed by atoms with van der Waals surface area (Å²) in [6, 6.07) is 11.1. The highest BCUT2D eigenvalue weighted by atomic mass is 35.5. The molecule has 4 aromatic rings. The van der Waals surface area contributed by atoms with Gasteiger partial charge in [0.05, 0.1) is 11.2 Å². The van der Waals surface area contributed by atoms with Crippen molar-refractivity contribution < 1.29 is 18.6 Å². The molecule has 4 aliphatic heterocycles. The normalized spacial score (nSPS) is 27.3. The quantitative estimate of drug-likeness (QED) is 0.302. The fourth-order valence-electron chi connectivity index (χ4n) is 7.84. The van der Waals surface area contributed by atoms with E-state index < -0.39 is 12.0 Å². The molecule has 2 bridgehead atoms. The van der Waals surface area contributed by atoms with Crippen LogP contribution in [0.3, 0.4) is 0 Å². The maximum atomic E-state index is 16.7. The van der Waals surface area contributed by atoms with E-state index in [1.54, 1.807) is 24.4 Å². The zero-order valence-corrected chi connectivity index (χ0v) is 23.9. The van der Waals surface area contributed by atoms with Crippen LogP contribution in [0.4, 0.5) is 14.5 Å². The number of halogens is 3. The number of rotatable bonds is 5. The number of hydrogen-bond acceptors (Lipinski definition) is 7. The van der Waals surface area contributed by atoms with Gasteiger partial charge in [0.1, 0.15) is 29.7 Å². The highest BCUT2D eigenvalue weighted by Crippen LogP contribution is 2.43. The van der Waals surface area contributed by atoms with Gasteiger partial charge in [-0.25, -0.2) is 13.8 Å². The van der Waals surface area contributed by atoms with Crippen molar-refractivity contribution in [2.24, 2.45) is 0 Å². The molecule has 4 saturated heterocycles. The maximum Gasteiger partial charge on any atom is 0.216 e. The van der Waals surface area contributed by atoms with Crippen molar-refractivity contribution in [3.05, 3.63) is 53.4 Å². The minimum atomic E-state index is -0.861. The van der Waals surface area contributed by atoms with Crippen LogP contribution in [-0.4, -0.2) is 76.6 Å². The number of benzene rings is 2. The number of phenolic OH excluding ortho intramolecular Hbond substituents is 1. The molecule has 4 fully saturated rings. The number of aromatic nitrogens is 2. The Bertz CT molecular complexity index is 1710. The lowest BCUT2D eigenvalue weighted by Crippen LogP contribution is -2.51. The van der Waals surface area contributed by atoms with Gasteiger partial charge in [-0.15, -0.1) is 0 Å². The van der Waals surface area contributed by atoms with Crippen LogP contribution in [0.15, 0.2) is 42.6 Å². The Kier molecular flexibility index (Phi) is 6.21. The van der Waals surface area contributed by atoms with E-state index in [0.717, 1.165) is 51.0 Å². The summed E-state index contributed by atoms with van der Waals surface area (Å²) < 4.78 is 37.4. The van der Waals surface area contributed by atoms with Crippen LogP contribution in [0.2, 0.25) is 5.02 Å². The Morgan fingerprint density at radius 1 is 1.14 bits per heavy atom. The molecule has 7 nitrogen and oxygen atoms in total. The fraction of sp³-hybridized carbons (Fsp3) is 0.438. The van der Waals surface area contributed by atoms with E-state index in [2.05, 4.69) is 20.1 Å². The fourth-order valence-corrected chi connectivity index (χ4v) is 8.12. The average Bonchev–Trinajstić information content (AvgIpc) is 3.61. The minimum Gasteiger partial charge on any atom is -0.508 e. The lowest BCUT2D eigenvalue weighted by Gasteiger charge is -2.35. The number of phenols is 1. The van der Waals surface area contributed by atoms with Crippen molar-refractivity contribution in [3.63, 3.8) is 0 Å². The van der Waals surface area contributed by atoms with Crippen molar-refractivity contribution in [3.8, 4) is 22.9 Å². The molecule has 42 heavy (non-hydrogen) atoms. The first-order valence-corrected chi connectivity index (χ1v) is 15.2. The van der Waals surface area contributed by atoms with E-state index in [0.29, 0.717) is 64.3 Å². The highest BCUT2D eigenvalue weighted by molar-refractivity contribution is 6.36. The summed E-state index contributed by atoms with van der Waals surface area (Å²) in [6.07, 6.45) is 5.36. The average molecular weight is 592 g/mol. The van der Waals surface area contributed by atoms with Crippen LogP contribution in [0, 0.1) is 5.82 Å². The number of alkyl halides is 1. The first kappa shape index (κ1) is 26.4. The number of nitrogens with zero attached hydrogens (tertiary/aromatic N) is 4. The van der Waals surface area contributed by atoms with Gasteiger partial charge in [-0.05, 0) is 55.8 Å². The van der Waals surface area contributed by atoms with E-state index in [1.807, 2.05) is 12.1 Å². The summed E-state index contributed by atoms with van der Waals surface area (Å²) in [7, 11) is 0. The Morgan fingerprint density at radius 2 is 1.98 bits per heavy atom. The van der Waals surface area contributed by atoms with Gasteiger partial charge < -0.3 is 20.1 Å². The third-order valence-electron chi connectivity index (χ3n) is 9.72. The lowest BCUT2D eigenvalue weighted by atomic mass is 9.95. The smallest absolute Gasteiger partial charge is 0.216 e. The Labute approximate surface area is 247 Å². The Hall–Kier alpha value is -3.27. The predicted molar refractivity (Wildman–Crippen MR) is 160 cm³/mol. The standard InChI is InChI=1S/C32H32ClF2N5O2/c33-25-4-1-3-18-9-22(41)10-23(28(18)25)30-29(35)31-24(13-36-30)26(39-15-20-5-6-21(16-39)37-20)11-27(38-31)42-17-32-7-2-8-40(32)14-19(34)12-32/h1,3-4,9-11,13,19-21,37,41H,2,5-8,12,14-17H2/t19-,20?,21?,32?/m1/s1. The summed E-state index contributed by atoms with van der Waals surface area (Å²) >= 11 is 6.57. The predicted octanol–water partition coefficient (Wildman–Crippen LogP) is 5.84. The molecule has 218 valence electrons. The molecule has 6 heterocycles. The van der Waals surface area contributed by atoms with E-state index in [-0.39, 0.29) is 22.5 Å². The Morgan fingerprint density at radius 3 is 2.81 bits per heavy atom. The summed E-state index contributed by atoms with van der Waals surface area (Å²) in [4.78, 5) is 13.8. The van der Waals surface area contributed by atoms with Crippen LogP contribution in [0.1, 0.15) is 32.1 Å². The summed E-state index contributed by atoms with van der Waals surface area (Å²) in [5.74, 6) is -0.289. The highest BCUT2D eigenvalue weighted by Gasteiger charge is 2.49. The molecule has 0 radical (unpaired) electrons. The molecule has 0 aliphatic carbocycles.